The first-order chi connectivity index (χ1) is 10.3. The van der Waals surface area contributed by atoms with Gasteiger partial charge in [0.25, 0.3) is 0 Å². The van der Waals surface area contributed by atoms with E-state index >= 15 is 0 Å². The van der Waals surface area contributed by atoms with Crippen LogP contribution >= 0.6 is 22.6 Å². The van der Waals surface area contributed by atoms with E-state index in [-0.39, 0.29) is 0 Å². The van der Waals surface area contributed by atoms with E-state index in [2.05, 4.69) is 86.4 Å². The van der Waals surface area contributed by atoms with Gasteiger partial charge in [0.15, 0.2) is 0 Å². The highest BCUT2D eigenvalue weighted by atomic mass is 127. The third-order valence-electron chi connectivity index (χ3n) is 5.33. The molecule has 2 rings (SSSR count). The molecular formula is C20H29ISi. The van der Waals surface area contributed by atoms with Crippen molar-refractivity contribution in [1.82, 2.24) is 0 Å². The second-order valence-corrected chi connectivity index (χ2v) is 13.1. The van der Waals surface area contributed by atoms with E-state index in [0.29, 0.717) is 5.92 Å². The van der Waals surface area contributed by atoms with Crippen molar-refractivity contribution in [2.45, 2.75) is 45.8 Å². The monoisotopic (exact) mass is 424 g/mol. The van der Waals surface area contributed by atoms with E-state index in [1.165, 1.54) is 28.9 Å². The minimum Gasteiger partial charge on any atom is -0.0998 e. The molecule has 0 aliphatic heterocycles. The molecule has 0 fully saturated rings. The molecule has 0 saturated heterocycles. The minimum atomic E-state index is -1.41. The Hall–Kier alpha value is -0.353. The Morgan fingerprint density at radius 1 is 1.27 bits per heavy atom. The fourth-order valence-corrected chi connectivity index (χ4v) is 7.45. The number of rotatable bonds is 5. The van der Waals surface area contributed by atoms with E-state index < -0.39 is 8.07 Å². The van der Waals surface area contributed by atoms with Crippen molar-refractivity contribution in [2.75, 3.05) is 4.43 Å². The summed E-state index contributed by atoms with van der Waals surface area (Å²) in [6, 6.07) is 12.5. The molecule has 0 amide bonds. The maximum absolute atomic E-state index is 4.25. The Kier molecular flexibility index (Phi) is 6.12. The highest BCUT2D eigenvalue weighted by Gasteiger charge is 2.31. The van der Waals surface area contributed by atoms with Crippen LogP contribution in [-0.2, 0) is 0 Å². The Labute approximate surface area is 151 Å². The van der Waals surface area contributed by atoms with Gasteiger partial charge in [-0.25, -0.2) is 0 Å². The predicted molar refractivity (Wildman–Crippen MR) is 111 cm³/mol. The minimum absolute atomic E-state index is 0.694. The van der Waals surface area contributed by atoms with Crippen LogP contribution in [0.25, 0.3) is 0 Å². The Bertz CT molecular complexity index is 556. The van der Waals surface area contributed by atoms with Crippen LogP contribution in [-0.4, -0.2) is 12.5 Å². The number of alkyl halides is 1. The lowest BCUT2D eigenvalue weighted by Gasteiger charge is -2.35. The lowest BCUT2D eigenvalue weighted by molar-refractivity contribution is 0.442. The summed E-state index contributed by atoms with van der Waals surface area (Å²) in [4.78, 5) is 0. The van der Waals surface area contributed by atoms with Crippen LogP contribution in [0.15, 0.2) is 53.6 Å². The zero-order valence-corrected chi connectivity index (χ0v) is 17.6. The number of allylic oxidation sites excluding steroid dienone is 3. The molecule has 120 valence electrons. The molecule has 1 aliphatic rings. The largest absolute Gasteiger partial charge is 0.0998 e. The van der Waals surface area contributed by atoms with Crippen molar-refractivity contribution in [1.29, 1.82) is 0 Å². The summed E-state index contributed by atoms with van der Waals surface area (Å²) >= 11 is 2.56. The quantitative estimate of drug-likeness (QED) is 0.237. The summed E-state index contributed by atoms with van der Waals surface area (Å²) in [5.74, 6) is 1.45. The van der Waals surface area contributed by atoms with Crippen LogP contribution in [0, 0.1) is 11.8 Å². The zero-order chi connectivity index (χ0) is 16.3. The summed E-state index contributed by atoms with van der Waals surface area (Å²) in [5, 5.41) is 1.58. The second kappa shape index (κ2) is 7.48. The highest BCUT2D eigenvalue weighted by molar-refractivity contribution is 14.1. The van der Waals surface area contributed by atoms with Gasteiger partial charge in [-0.05, 0) is 44.6 Å². The fourth-order valence-electron chi connectivity index (χ4n) is 3.64. The summed E-state index contributed by atoms with van der Waals surface area (Å²) in [6.45, 7) is 13.9. The highest BCUT2D eigenvalue weighted by Crippen LogP contribution is 2.40. The lowest BCUT2D eigenvalue weighted by Crippen LogP contribution is -2.42. The number of hydrogen-bond donors (Lipinski definition) is 0. The van der Waals surface area contributed by atoms with Crippen LogP contribution in [0.2, 0.25) is 19.1 Å². The number of benzene rings is 1. The predicted octanol–water partition coefficient (Wildman–Crippen LogP) is 5.96. The Morgan fingerprint density at radius 2 is 1.91 bits per heavy atom. The molecule has 0 spiro atoms. The average Bonchev–Trinajstić information content (AvgIpc) is 2.49. The summed E-state index contributed by atoms with van der Waals surface area (Å²) < 4.78 is 1.24. The molecule has 0 aromatic heterocycles. The lowest BCUT2D eigenvalue weighted by atomic mass is 9.76. The Morgan fingerprint density at radius 3 is 2.45 bits per heavy atom. The molecule has 0 saturated carbocycles. The van der Waals surface area contributed by atoms with Crippen molar-refractivity contribution >= 4 is 35.9 Å². The average molecular weight is 424 g/mol. The fraction of sp³-hybridized carbons (Fsp3) is 0.500. The Balaban J connectivity index is 2.27. The maximum atomic E-state index is 4.25. The molecule has 0 radical (unpaired) electrons. The number of hydrogen-bond acceptors (Lipinski definition) is 0. The molecule has 2 atom stereocenters. The van der Waals surface area contributed by atoms with Crippen molar-refractivity contribution < 1.29 is 0 Å². The molecule has 2 heteroatoms. The molecule has 0 heterocycles. The topological polar surface area (TPSA) is 0 Å². The van der Waals surface area contributed by atoms with Crippen LogP contribution < -0.4 is 5.19 Å². The van der Waals surface area contributed by atoms with Crippen molar-refractivity contribution in [3.63, 3.8) is 0 Å². The molecule has 1 aromatic rings. The van der Waals surface area contributed by atoms with Gasteiger partial charge in [0.1, 0.15) is 0 Å². The van der Waals surface area contributed by atoms with Crippen LogP contribution in [0.5, 0.6) is 0 Å². The third-order valence-corrected chi connectivity index (χ3v) is 9.60. The van der Waals surface area contributed by atoms with Gasteiger partial charge in [-0.15, -0.1) is 0 Å². The molecule has 0 bridgehead atoms. The van der Waals surface area contributed by atoms with Crippen molar-refractivity contribution in [2.24, 2.45) is 11.8 Å². The molecule has 1 aromatic carbocycles. The van der Waals surface area contributed by atoms with Crippen LogP contribution in [0.3, 0.4) is 0 Å². The second-order valence-electron chi connectivity index (χ2n) is 7.55. The summed E-state index contributed by atoms with van der Waals surface area (Å²) in [7, 11) is -1.41. The maximum Gasteiger partial charge on any atom is 0.0846 e. The van der Waals surface area contributed by atoms with Crippen molar-refractivity contribution in [3.8, 4) is 0 Å². The molecule has 0 unspecified atom stereocenters. The SMILES string of the molecule is C=C(C)[C@H]1CC(C[Si](C)(C)c2ccccc2)=C(C)[C@H](CI)C1. The van der Waals surface area contributed by atoms with Crippen LogP contribution in [0.4, 0.5) is 0 Å². The van der Waals surface area contributed by atoms with Crippen LogP contribution in [0.1, 0.15) is 26.7 Å². The molecule has 1 aliphatic carbocycles. The van der Waals surface area contributed by atoms with E-state index in [4.69, 9.17) is 0 Å². The first kappa shape index (κ1) is 18.0. The van der Waals surface area contributed by atoms with Gasteiger partial charge in [-0.3, -0.25) is 0 Å². The number of halogens is 1. The third kappa shape index (κ3) is 4.13. The summed E-state index contributed by atoms with van der Waals surface area (Å²) in [6.07, 6.45) is 2.55. The van der Waals surface area contributed by atoms with Crippen molar-refractivity contribution in [3.05, 3.63) is 53.6 Å². The van der Waals surface area contributed by atoms with E-state index in [1.807, 2.05) is 0 Å². The molecule has 0 nitrogen and oxygen atoms in total. The standard InChI is InChI=1S/C20H29ISi/c1-15(2)17-11-18(13-21)16(3)19(12-17)14-22(4,5)20-9-7-6-8-10-20/h6-10,17-18H,1,11-14H2,2-5H3/t17-,18+/m1/s1. The normalized spacial score (nSPS) is 22.8. The van der Waals surface area contributed by atoms with E-state index in [9.17, 15) is 0 Å². The molecular weight excluding hydrogens is 395 g/mol. The van der Waals surface area contributed by atoms with Gasteiger partial charge < -0.3 is 0 Å². The van der Waals surface area contributed by atoms with Gasteiger partial charge >= 0.3 is 0 Å². The first-order valence-corrected chi connectivity index (χ1v) is 13.0. The molecule has 22 heavy (non-hydrogen) atoms. The summed E-state index contributed by atoms with van der Waals surface area (Å²) in [5.41, 5.74) is 4.80. The van der Waals surface area contributed by atoms with E-state index in [0.717, 1.165) is 5.92 Å². The molecule has 0 N–H and O–H groups in total. The first-order valence-electron chi connectivity index (χ1n) is 8.30. The van der Waals surface area contributed by atoms with Gasteiger partial charge in [-0.2, -0.15) is 0 Å². The van der Waals surface area contributed by atoms with Gasteiger partial charge in [-0.1, -0.05) is 94.5 Å². The van der Waals surface area contributed by atoms with Gasteiger partial charge in [0, 0.05) is 4.43 Å². The van der Waals surface area contributed by atoms with Gasteiger partial charge in [0.05, 0.1) is 8.07 Å². The smallest absolute Gasteiger partial charge is 0.0846 e. The zero-order valence-electron chi connectivity index (χ0n) is 14.5. The van der Waals surface area contributed by atoms with Gasteiger partial charge in [0.2, 0.25) is 0 Å². The van der Waals surface area contributed by atoms with E-state index in [1.54, 1.807) is 16.3 Å².